The normalized spacial score (nSPS) is 10.3. The molecule has 5 nitrogen and oxygen atoms in total. The molecule has 0 fully saturated rings. The largest absolute Gasteiger partial charge is 0.461 e. The summed E-state index contributed by atoms with van der Waals surface area (Å²) < 4.78 is 7.33. The molecule has 2 rings (SSSR count). The number of anilines is 1. The van der Waals surface area contributed by atoms with Gasteiger partial charge in [0.15, 0.2) is 5.69 Å². The van der Waals surface area contributed by atoms with Gasteiger partial charge in [0.25, 0.3) is 0 Å². The van der Waals surface area contributed by atoms with Gasteiger partial charge in [-0.15, -0.1) is 0 Å². The summed E-state index contributed by atoms with van der Waals surface area (Å²) in [7, 11) is 0. The number of benzene rings is 1. The van der Waals surface area contributed by atoms with Crippen LogP contribution in [-0.4, -0.2) is 22.4 Å². The highest BCUT2D eigenvalue weighted by atomic mass is 79.9. The molecule has 2 aromatic rings. The fourth-order valence-corrected chi connectivity index (χ4v) is 1.75. The number of nitrogens with zero attached hydrogens (tertiary/aromatic N) is 2. The molecule has 0 bridgehead atoms. The summed E-state index contributed by atoms with van der Waals surface area (Å²) in [4.78, 5) is 11.5. The minimum absolute atomic E-state index is 0.206. The van der Waals surface area contributed by atoms with Gasteiger partial charge in [0, 0.05) is 10.5 Å². The Balaban J connectivity index is 2.34. The zero-order valence-electron chi connectivity index (χ0n) is 9.76. The molecule has 94 valence electrons. The molecule has 0 atom stereocenters. The molecule has 2 N–H and O–H groups in total. The maximum Gasteiger partial charge on any atom is 0.358 e. The third kappa shape index (κ3) is 2.53. The molecular weight excluding hydrogens is 298 g/mol. The van der Waals surface area contributed by atoms with E-state index in [0.717, 1.165) is 10.2 Å². The van der Waals surface area contributed by atoms with Gasteiger partial charge in [-0.05, 0) is 31.2 Å². The molecule has 18 heavy (non-hydrogen) atoms. The maximum atomic E-state index is 11.5. The highest BCUT2D eigenvalue weighted by molar-refractivity contribution is 9.10. The Bertz CT molecular complexity index is 563. The van der Waals surface area contributed by atoms with E-state index in [1.165, 1.54) is 10.7 Å². The fourth-order valence-electron chi connectivity index (χ4n) is 1.49. The Morgan fingerprint density at radius 3 is 2.72 bits per heavy atom. The average Bonchev–Trinajstić information content (AvgIpc) is 2.73. The van der Waals surface area contributed by atoms with Gasteiger partial charge in [0.2, 0.25) is 0 Å². The predicted octanol–water partition coefficient (Wildman–Crippen LogP) is 2.39. The SMILES string of the molecule is CCOC(=O)c1cc(N)n(-c2ccc(Br)cc2)n1. The van der Waals surface area contributed by atoms with Crippen LogP contribution in [0.2, 0.25) is 0 Å². The van der Waals surface area contributed by atoms with Gasteiger partial charge >= 0.3 is 5.97 Å². The third-order valence-corrected chi connectivity index (χ3v) is 2.82. The van der Waals surface area contributed by atoms with E-state index in [1.54, 1.807) is 6.92 Å². The fraction of sp³-hybridized carbons (Fsp3) is 0.167. The van der Waals surface area contributed by atoms with Crippen LogP contribution in [0.1, 0.15) is 17.4 Å². The van der Waals surface area contributed by atoms with E-state index >= 15 is 0 Å². The lowest BCUT2D eigenvalue weighted by Crippen LogP contribution is -2.07. The molecule has 0 unspecified atom stereocenters. The second kappa shape index (κ2) is 5.22. The van der Waals surface area contributed by atoms with Crippen molar-refractivity contribution in [2.75, 3.05) is 12.3 Å². The Morgan fingerprint density at radius 1 is 1.44 bits per heavy atom. The molecule has 1 aromatic carbocycles. The van der Waals surface area contributed by atoms with Gasteiger partial charge in [0.05, 0.1) is 12.3 Å². The topological polar surface area (TPSA) is 70.1 Å². The molecule has 0 aliphatic rings. The Kier molecular flexibility index (Phi) is 3.66. The van der Waals surface area contributed by atoms with Crippen LogP contribution in [0.25, 0.3) is 5.69 Å². The van der Waals surface area contributed by atoms with Crippen molar-refractivity contribution in [3.63, 3.8) is 0 Å². The first kappa shape index (κ1) is 12.6. The average molecular weight is 310 g/mol. The van der Waals surface area contributed by atoms with Crippen molar-refractivity contribution < 1.29 is 9.53 Å². The van der Waals surface area contributed by atoms with Crippen molar-refractivity contribution in [2.45, 2.75) is 6.92 Å². The highest BCUT2D eigenvalue weighted by Gasteiger charge is 2.14. The summed E-state index contributed by atoms with van der Waals surface area (Å²) in [5.41, 5.74) is 6.82. The quantitative estimate of drug-likeness (QED) is 0.884. The van der Waals surface area contributed by atoms with Crippen LogP contribution in [0.4, 0.5) is 5.82 Å². The summed E-state index contributed by atoms with van der Waals surface area (Å²) in [5, 5.41) is 4.13. The van der Waals surface area contributed by atoms with E-state index in [2.05, 4.69) is 21.0 Å². The molecule has 1 aromatic heterocycles. The van der Waals surface area contributed by atoms with Crippen LogP contribution < -0.4 is 5.73 Å². The Morgan fingerprint density at radius 2 is 2.11 bits per heavy atom. The smallest absolute Gasteiger partial charge is 0.358 e. The number of rotatable bonds is 3. The van der Waals surface area contributed by atoms with Crippen LogP contribution >= 0.6 is 15.9 Å². The summed E-state index contributed by atoms with van der Waals surface area (Å²) in [6.45, 7) is 2.05. The number of hydrogen-bond donors (Lipinski definition) is 1. The van der Waals surface area contributed by atoms with E-state index in [4.69, 9.17) is 10.5 Å². The number of nitrogens with two attached hydrogens (primary N) is 1. The van der Waals surface area contributed by atoms with E-state index < -0.39 is 5.97 Å². The van der Waals surface area contributed by atoms with Crippen molar-refractivity contribution in [1.82, 2.24) is 9.78 Å². The lowest BCUT2D eigenvalue weighted by molar-refractivity contribution is 0.0519. The van der Waals surface area contributed by atoms with Crippen molar-refractivity contribution in [2.24, 2.45) is 0 Å². The molecule has 0 saturated heterocycles. The van der Waals surface area contributed by atoms with E-state index in [-0.39, 0.29) is 5.69 Å². The number of halogens is 1. The monoisotopic (exact) mass is 309 g/mol. The molecule has 0 amide bonds. The first-order valence-electron chi connectivity index (χ1n) is 5.40. The van der Waals surface area contributed by atoms with Gasteiger partial charge in [0.1, 0.15) is 5.82 Å². The molecule has 6 heteroatoms. The van der Waals surface area contributed by atoms with E-state index in [1.807, 2.05) is 24.3 Å². The second-order valence-electron chi connectivity index (χ2n) is 3.56. The Hall–Kier alpha value is -1.82. The Labute approximate surface area is 113 Å². The minimum Gasteiger partial charge on any atom is -0.461 e. The molecule has 1 heterocycles. The van der Waals surface area contributed by atoms with Crippen LogP contribution in [0.15, 0.2) is 34.8 Å². The van der Waals surface area contributed by atoms with Gasteiger partial charge in [-0.25, -0.2) is 9.48 Å². The lowest BCUT2D eigenvalue weighted by atomic mass is 10.3. The molecular formula is C12H12BrN3O2. The molecule has 0 aliphatic heterocycles. The van der Waals surface area contributed by atoms with Crippen LogP contribution in [0.3, 0.4) is 0 Å². The minimum atomic E-state index is -0.472. The standard InChI is InChI=1S/C12H12BrN3O2/c1-2-18-12(17)10-7-11(14)16(15-10)9-5-3-8(13)4-6-9/h3-7H,2,14H2,1H3. The van der Waals surface area contributed by atoms with E-state index in [9.17, 15) is 4.79 Å². The second-order valence-corrected chi connectivity index (χ2v) is 4.48. The maximum absolute atomic E-state index is 11.5. The lowest BCUT2D eigenvalue weighted by Gasteiger charge is -2.03. The number of carbonyl (C=O) groups is 1. The third-order valence-electron chi connectivity index (χ3n) is 2.29. The number of carbonyl (C=O) groups excluding carboxylic acids is 1. The van der Waals surface area contributed by atoms with Gasteiger partial charge in [-0.3, -0.25) is 0 Å². The summed E-state index contributed by atoms with van der Waals surface area (Å²) in [5.74, 6) is -0.0829. The number of nitrogen functional groups attached to an aromatic ring is 1. The first-order chi connectivity index (χ1) is 8.61. The number of ether oxygens (including phenoxy) is 1. The number of aromatic nitrogens is 2. The van der Waals surface area contributed by atoms with Crippen LogP contribution in [0, 0.1) is 0 Å². The summed E-state index contributed by atoms with van der Waals surface area (Å²) in [6.07, 6.45) is 0. The van der Waals surface area contributed by atoms with Gasteiger partial charge in [-0.2, -0.15) is 5.10 Å². The van der Waals surface area contributed by atoms with Crippen LogP contribution in [-0.2, 0) is 4.74 Å². The molecule has 0 aliphatic carbocycles. The van der Waals surface area contributed by atoms with E-state index in [0.29, 0.717) is 12.4 Å². The zero-order valence-corrected chi connectivity index (χ0v) is 11.3. The first-order valence-corrected chi connectivity index (χ1v) is 6.19. The highest BCUT2D eigenvalue weighted by Crippen LogP contribution is 2.17. The molecule has 0 saturated carbocycles. The molecule has 0 spiro atoms. The predicted molar refractivity (Wildman–Crippen MR) is 71.6 cm³/mol. The van der Waals surface area contributed by atoms with Crippen molar-refractivity contribution in [3.8, 4) is 5.69 Å². The summed E-state index contributed by atoms with van der Waals surface area (Å²) >= 11 is 3.35. The van der Waals surface area contributed by atoms with Crippen LogP contribution in [0.5, 0.6) is 0 Å². The summed E-state index contributed by atoms with van der Waals surface area (Å²) in [6, 6.07) is 8.95. The molecule has 0 radical (unpaired) electrons. The van der Waals surface area contributed by atoms with Crippen molar-refractivity contribution in [1.29, 1.82) is 0 Å². The number of hydrogen-bond acceptors (Lipinski definition) is 4. The zero-order chi connectivity index (χ0) is 13.1. The van der Waals surface area contributed by atoms with Gasteiger partial charge < -0.3 is 10.5 Å². The van der Waals surface area contributed by atoms with Crippen molar-refractivity contribution in [3.05, 3.63) is 40.5 Å². The van der Waals surface area contributed by atoms with Crippen molar-refractivity contribution >= 4 is 27.7 Å². The number of esters is 1. The van der Waals surface area contributed by atoms with Gasteiger partial charge in [-0.1, -0.05) is 15.9 Å².